The van der Waals surface area contributed by atoms with Crippen molar-refractivity contribution in [3.05, 3.63) is 65.2 Å². The maximum atomic E-state index is 12.7. The summed E-state index contributed by atoms with van der Waals surface area (Å²) in [4.78, 5) is 25.8. The number of nitrogens with zero attached hydrogens (tertiary/aromatic N) is 1. The van der Waals surface area contributed by atoms with Crippen LogP contribution in [0, 0.1) is 5.92 Å². The van der Waals surface area contributed by atoms with Gasteiger partial charge in [-0.05, 0) is 41.7 Å². The molecule has 0 unspecified atom stereocenters. The van der Waals surface area contributed by atoms with Crippen LogP contribution in [0.2, 0.25) is 0 Å². The Hall–Kier alpha value is -2.66. The van der Waals surface area contributed by atoms with Gasteiger partial charge in [-0.2, -0.15) is 0 Å². The average Bonchev–Trinajstić information content (AvgIpc) is 3.47. The molecule has 0 spiro atoms. The number of nitrogens with one attached hydrogen (secondary N) is 1. The summed E-state index contributed by atoms with van der Waals surface area (Å²) >= 11 is 0. The number of anilines is 1. The number of carbonyl (C=O) groups is 2. The summed E-state index contributed by atoms with van der Waals surface area (Å²) < 4.78 is 0. The summed E-state index contributed by atoms with van der Waals surface area (Å²) in [5, 5.41) is 2.76. The third-order valence-corrected chi connectivity index (χ3v) is 4.49. The van der Waals surface area contributed by atoms with Crippen LogP contribution in [0.4, 0.5) is 5.69 Å². The van der Waals surface area contributed by atoms with E-state index in [0.717, 1.165) is 35.2 Å². The Balaban J connectivity index is 1.73. The van der Waals surface area contributed by atoms with Crippen molar-refractivity contribution in [3.63, 3.8) is 0 Å². The molecule has 1 saturated carbocycles. The third-order valence-electron chi connectivity index (χ3n) is 4.49. The maximum absolute atomic E-state index is 12.7. The minimum atomic E-state index is -0.0944. The molecule has 136 valence electrons. The third kappa shape index (κ3) is 4.92. The quantitative estimate of drug-likeness (QED) is 0.805. The highest BCUT2D eigenvalue weighted by Crippen LogP contribution is 2.32. The largest absolute Gasteiger partial charge is 0.334 e. The maximum Gasteiger partial charge on any atom is 0.226 e. The van der Waals surface area contributed by atoms with Gasteiger partial charge in [0.05, 0.1) is 0 Å². The first kappa shape index (κ1) is 18.1. The van der Waals surface area contributed by atoms with Gasteiger partial charge in [-0.3, -0.25) is 9.59 Å². The second kappa shape index (κ2) is 8.15. The van der Waals surface area contributed by atoms with Gasteiger partial charge in [-0.25, -0.2) is 0 Å². The van der Waals surface area contributed by atoms with Crippen LogP contribution < -0.4 is 11.1 Å². The Kier molecular flexibility index (Phi) is 5.68. The molecule has 0 aromatic heterocycles. The van der Waals surface area contributed by atoms with Crippen LogP contribution in [-0.2, 0) is 29.2 Å². The topological polar surface area (TPSA) is 75.4 Å². The van der Waals surface area contributed by atoms with Crippen molar-refractivity contribution in [1.29, 1.82) is 0 Å². The lowest BCUT2D eigenvalue weighted by Crippen LogP contribution is -2.31. The van der Waals surface area contributed by atoms with Gasteiger partial charge in [0.25, 0.3) is 0 Å². The SMILES string of the molecule is CC(=O)Nc1ccc(CN(Cc2cccc(CN)c2)C(=O)C2CC2)cc1. The van der Waals surface area contributed by atoms with E-state index < -0.39 is 0 Å². The smallest absolute Gasteiger partial charge is 0.226 e. The predicted molar refractivity (Wildman–Crippen MR) is 102 cm³/mol. The molecule has 0 saturated heterocycles. The number of carbonyl (C=O) groups excluding carboxylic acids is 2. The van der Waals surface area contributed by atoms with Crippen molar-refractivity contribution >= 4 is 17.5 Å². The van der Waals surface area contributed by atoms with Crippen molar-refractivity contribution in [1.82, 2.24) is 4.90 Å². The van der Waals surface area contributed by atoms with E-state index in [4.69, 9.17) is 5.73 Å². The zero-order valence-corrected chi connectivity index (χ0v) is 15.1. The van der Waals surface area contributed by atoms with Crippen LogP contribution in [0.1, 0.15) is 36.5 Å². The molecule has 0 aliphatic heterocycles. The van der Waals surface area contributed by atoms with E-state index in [1.54, 1.807) is 0 Å². The van der Waals surface area contributed by atoms with Gasteiger partial charge in [-0.15, -0.1) is 0 Å². The molecule has 0 radical (unpaired) electrons. The lowest BCUT2D eigenvalue weighted by Gasteiger charge is -2.23. The minimum absolute atomic E-state index is 0.0944. The summed E-state index contributed by atoms with van der Waals surface area (Å²) in [7, 11) is 0. The zero-order valence-electron chi connectivity index (χ0n) is 15.1. The molecule has 0 bridgehead atoms. The Bertz CT molecular complexity index is 782. The summed E-state index contributed by atoms with van der Waals surface area (Å²) in [6.07, 6.45) is 1.97. The first-order valence-electron chi connectivity index (χ1n) is 8.98. The molecule has 5 heteroatoms. The first-order valence-corrected chi connectivity index (χ1v) is 8.98. The lowest BCUT2D eigenvalue weighted by molar-refractivity contribution is -0.133. The van der Waals surface area contributed by atoms with E-state index in [0.29, 0.717) is 19.6 Å². The highest BCUT2D eigenvalue weighted by atomic mass is 16.2. The minimum Gasteiger partial charge on any atom is -0.334 e. The van der Waals surface area contributed by atoms with Crippen molar-refractivity contribution < 1.29 is 9.59 Å². The highest BCUT2D eigenvalue weighted by Gasteiger charge is 2.33. The Morgan fingerprint density at radius 2 is 1.69 bits per heavy atom. The fourth-order valence-corrected chi connectivity index (χ4v) is 2.99. The van der Waals surface area contributed by atoms with Gasteiger partial charge in [0, 0.05) is 38.2 Å². The molecule has 0 atom stereocenters. The van der Waals surface area contributed by atoms with Gasteiger partial charge in [-0.1, -0.05) is 36.4 Å². The molecule has 1 fully saturated rings. The molecular formula is C21H25N3O2. The van der Waals surface area contributed by atoms with Crippen molar-refractivity contribution in [3.8, 4) is 0 Å². The van der Waals surface area contributed by atoms with Crippen LogP contribution in [0.15, 0.2) is 48.5 Å². The fraction of sp³-hybridized carbons (Fsp3) is 0.333. The molecular weight excluding hydrogens is 326 g/mol. The Morgan fingerprint density at radius 3 is 2.31 bits per heavy atom. The van der Waals surface area contributed by atoms with E-state index in [2.05, 4.69) is 11.4 Å². The number of nitrogens with two attached hydrogens (primary N) is 1. The van der Waals surface area contributed by atoms with Crippen molar-refractivity contribution in [2.45, 2.75) is 39.4 Å². The molecule has 3 N–H and O–H groups in total. The molecule has 3 rings (SSSR count). The lowest BCUT2D eigenvalue weighted by atomic mass is 10.1. The van der Waals surface area contributed by atoms with Gasteiger partial charge in [0.15, 0.2) is 0 Å². The van der Waals surface area contributed by atoms with E-state index >= 15 is 0 Å². The zero-order chi connectivity index (χ0) is 18.5. The molecule has 2 amide bonds. The molecule has 5 nitrogen and oxygen atoms in total. The van der Waals surface area contributed by atoms with Crippen LogP contribution in [-0.4, -0.2) is 16.7 Å². The fourth-order valence-electron chi connectivity index (χ4n) is 2.99. The Labute approximate surface area is 154 Å². The molecule has 2 aromatic rings. The van der Waals surface area contributed by atoms with Crippen LogP contribution in [0.5, 0.6) is 0 Å². The standard InChI is InChI=1S/C21H25N3O2/c1-15(25)23-20-9-5-16(6-10-20)13-24(21(26)19-7-8-19)14-18-4-2-3-17(11-18)12-22/h2-6,9-11,19H,7-8,12-14,22H2,1H3,(H,23,25). The number of hydrogen-bond donors (Lipinski definition) is 2. The number of benzene rings is 2. The normalized spacial score (nSPS) is 13.3. The molecule has 26 heavy (non-hydrogen) atoms. The molecule has 2 aromatic carbocycles. The summed E-state index contributed by atoms with van der Waals surface area (Å²) in [5.41, 5.74) is 9.70. The number of hydrogen-bond acceptors (Lipinski definition) is 3. The number of rotatable bonds is 7. The van der Waals surface area contributed by atoms with E-state index in [9.17, 15) is 9.59 Å². The Morgan fingerprint density at radius 1 is 1.04 bits per heavy atom. The molecule has 0 heterocycles. The average molecular weight is 351 g/mol. The summed E-state index contributed by atoms with van der Waals surface area (Å²) in [5.74, 6) is 0.295. The second-order valence-electron chi connectivity index (χ2n) is 6.87. The summed E-state index contributed by atoms with van der Waals surface area (Å²) in [6.45, 7) is 3.12. The van der Waals surface area contributed by atoms with Crippen LogP contribution >= 0.6 is 0 Å². The first-order chi connectivity index (χ1) is 12.5. The second-order valence-corrected chi connectivity index (χ2v) is 6.87. The van der Waals surface area contributed by atoms with Gasteiger partial charge >= 0.3 is 0 Å². The van der Waals surface area contributed by atoms with E-state index in [-0.39, 0.29) is 17.7 Å². The van der Waals surface area contributed by atoms with Gasteiger partial charge in [0.1, 0.15) is 0 Å². The van der Waals surface area contributed by atoms with Crippen LogP contribution in [0.25, 0.3) is 0 Å². The number of amides is 2. The van der Waals surface area contributed by atoms with Gasteiger partial charge < -0.3 is 16.0 Å². The van der Waals surface area contributed by atoms with Crippen molar-refractivity contribution in [2.24, 2.45) is 11.7 Å². The molecule has 1 aliphatic rings. The molecule has 1 aliphatic carbocycles. The predicted octanol–water partition coefficient (Wildman–Crippen LogP) is 3.04. The van der Waals surface area contributed by atoms with Crippen LogP contribution in [0.3, 0.4) is 0 Å². The van der Waals surface area contributed by atoms with Gasteiger partial charge in [0.2, 0.25) is 11.8 Å². The van der Waals surface area contributed by atoms with E-state index in [1.807, 2.05) is 47.4 Å². The highest BCUT2D eigenvalue weighted by molar-refractivity contribution is 5.88. The van der Waals surface area contributed by atoms with E-state index in [1.165, 1.54) is 6.92 Å². The monoisotopic (exact) mass is 351 g/mol. The summed E-state index contributed by atoms with van der Waals surface area (Å²) in [6, 6.07) is 15.7. The van der Waals surface area contributed by atoms with Crippen molar-refractivity contribution in [2.75, 3.05) is 5.32 Å².